The van der Waals surface area contributed by atoms with Crippen molar-refractivity contribution in [3.63, 3.8) is 0 Å². The third-order valence-electron chi connectivity index (χ3n) is 7.68. The molecular formula is C32H26ClFN4O3. The van der Waals surface area contributed by atoms with E-state index in [9.17, 15) is 9.18 Å². The molecule has 0 spiro atoms. The molecule has 41 heavy (non-hydrogen) atoms. The van der Waals surface area contributed by atoms with Crippen LogP contribution in [0, 0.1) is 5.82 Å². The lowest BCUT2D eigenvalue weighted by Gasteiger charge is -2.36. The molecule has 5 aromatic rings. The molecule has 1 aliphatic heterocycles. The Morgan fingerprint density at radius 3 is 2.51 bits per heavy atom. The maximum Gasteiger partial charge on any atom is 0.196 e. The molecule has 7 nitrogen and oxygen atoms in total. The maximum absolute atomic E-state index is 14.1. The molecule has 0 bridgehead atoms. The molecule has 1 N–H and O–H groups in total. The highest BCUT2D eigenvalue weighted by atomic mass is 35.5. The lowest BCUT2D eigenvalue weighted by Crippen LogP contribution is -2.47. The van der Waals surface area contributed by atoms with Gasteiger partial charge in [0.1, 0.15) is 23.7 Å². The van der Waals surface area contributed by atoms with E-state index in [1.807, 2.05) is 48.5 Å². The molecule has 9 heteroatoms. The number of carbonyl (C=O) groups excluding carboxylic acids is 1. The lowest BCUT2D eigenvalue weighted by atomic mass is 9.86. The van der Waals surface area contributed by atoms with Crippen LogP contribution >= 0.6 is 11.6 Å². The van der Waals surface area contributed by atoms with Gasteiger partial charge in [-0.2, -0.15) is 0 Å². The van der Waals surface area contributed by atoms with Gasteiger partial charge in [0.25, 0.3) is 0 Å². The van der Waals surface area contributed by atoms with E-state index in [2.05, 4.69) is 20.3 Å². The van der Waals surface area contributed by atoms with Crippen LogP contribution in [0.25, 0.3) is 22.2 Å². The van der Waals surface area contributed by atoms with Crippen molar-refractivity contribution in [2.45, 2.75) is 0 Å². The largest absolute Gasteiger partial charge is 0.492 e. The summed E-state index contributed by atoms with van der Waals surface area (Å²) in [5.74, 6) is 0.904. The summed E-state index contributed by atoms with van der Waals surface area (Å²) in [5, 5.41) is 9.15. The monoisotopic (exact) mass is 568 g/mol. The fourth-order valence-electron chi connectivity index (χ4n) is 5.64. The van der Waals surface area contributed by atoms with Gasteiger partial charge in [0.05, 0.1) is 22.3 Å². The summed E-state index contributed by atoms with van der Waals surface area (Å²) in [4.78, 5) is 18.4. The van der Waals surface area contributed by atoms with E-state index >= 15 is 0 Å². The lowest BCUT2D eigenvalue weighted by molar-refractivity contribution is 0.104. The van der Waals surface area contributed by atoms with Crippen molar-refractivity contribution in [1.82, 2.24) is 10.1 Å². The average Bonchev–Trinajstić information content (AvgIpc) is 3.43. The molecule has 0 atom stereocenters. The number of fused-ring (bicyclic) bond motifs is 2. The van der Waals surface area contributed by atoms with Gasteiger partial charge in [0, 0.05) is 54.6 Å². The Labute approximate surface area is 241 Å². The number of piperazine rings is 1. The number of aromatic nitrogens is 1. The molecule has 206 valence electrons. The minimum absolute atomic E-state index is 0.114. The number of hydrogen-bond acceptors (Lipinski definition) is 7. The normalized spacial score (nSPS) is 14.8. The van der Waals surface area contributed by atoms with E-state index in [4.69, 9.17) is 20.9 Å². The summed E-state index contributed by atoms with van der Waals surface area (Å²) in [6.07, 6.45) is 0. The van der Waals surface area contributed by atoms with Crippen LogP contribution in [0.3, 0.4) is 0 Å². The van der Waals surface area contributed by atoms with Crippen LogP contribution in [0.4, 0.5) is 21.5 Å². The van der Waals surface area contributed by atoms with Crippen LogP contribution in [0.2, 0.25) is 5.02 Å². The van der Waals surface area contributed by atoms with E-state index in [1.165, 1.54) is 12.1 Å². The van der Waals surface area contributed by atoms with Gasteiger partial charge in [-0.15, -0.1) is 0 Å². The number of carbonyl (C=O) groups is 1. The van der Waals surface area contributed by atoms with Gasteiger partial charge in [-0.05, 0) is 48.5 Å². The summed E-state index contributed by atoms with van der Waals surface area (Å²) < 4.78 is 25.8. The zero-order valence-electron chi connectivity index (χ0n) is 22.1. The molecule has 0 radical (unpaired) electrons. The van der Waals surface area contributed by atoms with Gasteiger partial charge in [-0.25, -0.2) is 4.39 Å². The molecule has 1 aromatic heterocycles. The van der Waals surface area contributed by atoms with Gasteiger partial charge < -0.3 is 19.5 Å². The summed E-state index contributed by atoms with van der Waals surface area (Å²) in [6, 6.07) is 22.9. The number of ketones is 1. The van der Waals surface area contributed by atoms with Crippen molar-refractivity contribution in [1.29, 1.82) is 0 Å². The number of rotatable bonds is 7. The topological polar surface area (TPSA) is 70.8 Å². The molecule has 4 aromatic carbocycles. The number of nitrogens with one attached hydrogen (secondary N) is 1. The standard InChI is InChI=1S/C32H26ClFN4O3/c33-20-8-10-23(11-9-20)40-17-16-37-12-14-38(15-13-37)27-19-26(35-22-5-3-4-21(34)18-22)28-29-30(27)36-41-32(29)25-7-2-1-6-24(25)31(28)39/h1-11,18-19,35H,12-17H2. The molecule has 7 rings (SSSR count). The van der Waals surface area contributed by atoms with Crippen LogP contribution in [-0.2, 0) is 0 Å². The van der Waals surface area contributed by atoms with Gasteiger partial charge in [-0.3, -0.25) is 9.69 Å². The summed E-state index contributed by atoms with van der Waals surface area (Å²) in [6.45, 7) is 4.59. The molecule has 1 fully saturated rings. The highest BCUT2D eigenvalue weighted by Gasteiger charge is 2.34. The van der Waals surface area contributed by atoms with Crippen molar-refractivity contribution >= 4 is 45.3 Å². The van der Waals surface area contributed by atoms with E-state index in [0.29, 0.717) is 50.8 Å². The quantitative estimate of drug-likeness (QED) is 0.228. The van der Waals surface area contributed by atoms with Gasteiger partial charge >= 0.3 is 0 Å². The predicted molar refractivity (Wildman–Crippen MR) is 158 cm³/mol. The number of benzene rings is 4. The molecule has 2 heterocycles. The van der Waals surface area contributed by atoms with Gasteiger partial charge in [0.2, 0.25) is 0 Å². The number of halogens is 2. The predicted octanol–water partition coefficient (Wildman–Crippen LogP) is 6.78. The summed E-state index contributed by atoms with van der Waals surface area (Å²) in [7, 11) is 0. The fourth-order valence-corrected chi connectivity index (χ4v) is 5.77. The van der Waals surface area contributed by atoms with Crippen LogP contribution < -0.4 is 15.0 Å². The molecule has 1 saturated heterocycles. The van der Waals surface area contributed by atoms with Crippen LogP contribution in [0.1, 0.15) is 15.9 Å². The fraction of sp³-hybridized carbons (Fsp3) is 0.188. The second kappa shape index (κ2) is 10.5. The minimum Gasteiger partial charge on any atom is -0.492 e. The molecule has 1 aliphatic carbocycles. The second-order valence-electron chi connectivity index (χ2n) is 10.2. The Morgan fingerprint density at radius 1 is 0.951 bits per heavy atom. The zero-order chi connectivity index (χ0) is 27.9. The first-order chi connectivity index (χ1) is 20.0. The van der Waals surface area contributed by atoms with E-state index in [-0.39, 0.29) is 11.6 Å². The Morgan fingerprint density at radius 2 is 1.73 bits per heavy atom. The van der Waals surface area contributed by atoms with Gasteiger partial charge in [-0.1, -0.05) is 47.1 Å². The molecule has 0 unspecified atom stereocenters. The first-order valence-electron chi connectivity index (χ1n) is 13.5. The van der Waals surface area contributed by atoms with E-state index in [1.54, 1.807) is 18.2 Å². The Kier molecular flexibility index (Phi) is 6.57. The smallest absolute Gasteiger partial charge is 0.196 e. The zero-order valence-corrected chi connectivity index (χ0v) is 22.8. The average molecular weight is 569 g/mol. The first-order valence-corrected chi connectivity index (χ1v) is 13.9. The van der Waals surface area contributed by atoms with Crippen LogP contribution in [0.15, 0.2) is 83.4 Å². The number of anilines is 3. The van der Waals surface area contributed by atoms with Crippen molar-refractivity contribution in [3.8, 4) is 17.1 Å². The maximum atomic E-state index is 14.1. The van der Waals surface area contributed by atoms with Crippen molar-refractivity contribution in [3.05, 3.63) is 101 Å². The van der Waals surface area contributed by atoms with Crippen LogP contribution in [0.5, 0.6) is 5.75 Å². The van der Waals surface area contributed by atoms with Gasteiger partial charge in [0.15, 0.2) is 11.5 Å². The van der Waals surface area contributed by atoms with E-state index < -0.39 is 0 Å². The summed E-state index contributed by atoms with van der Waals surface area (Å²) >= 11 is 5.96. The Hall–Kier alpha value is -4.40. The number of hydrogen-bond donors (Lipinski definition) is 1. The number of nitrogens with zero attached hydrogens (tertiary/aromatic N) is 3. The minimum atomic E-state index is -0.358. The number of ether oxygens (including phenoxy) is 1. The first kappa shape index (κ1) is 25.6. The Bertz CT molecular complexity index is 1760. The molecular weight excluding hydrogens is 543 g/mol. The van der Waals surface area contributed by atoms with E-state index in [0.717, 1.165) is 49.7 Å². The third kappa shape index (κ3) is 4.79. The highest BCUT2D eigenvalue weighted by Crippen LogP contribution is 2.46. The molecule has 0 amide bonds. The van der Waals surface area contributed by atoms with Crippen molar-refractivity contribution in [2.24, 2.45) is 0 Å². The Balaban J connectivity index is 1.18. The summed E-state index contributed by atoms with van der Waals surface area (Å²) in [5.41, 5.74) is 4.46. The van der Waals surface area contributed by atoms with Crippen LogP contribution in [-0.4, -0.2) is 55.2 Å². The highest BCUT2D eigenvalue weighted by molar-refractivity contribution is 6.30. The molecule has 0 saturated carbocycles. The van der Waals surface area contributed by atoms with Crippen molar-refractivity contribution < 1.29 is 18.4 Å². The molecule has 2 aliphatic rings. The van der Waals surface area contributed by atoms with Crippen molar-refractivity contribution in [2.75, 3.05) is 49.5 Å². The SMILES string of the molecule is O=C1c2ccccc2-c2onc3c(N4CCN(CCOc5ccc(Cl)cc5)CC4)cc(Nc4cccc(F)c4)c1c23. The third-order valence-corrected chi connectivity index (χ3v) is 7.94. The second-order valence-corrected chi connectivity index (χ2v) is 10.6.